The van der Waals surface area contributed by atoms with Gasteiger partial charge in [0.25, 0.3) is 0 Å². The van der Waals surface area contributed by atoms with Crippen molar-refractivity contribution in [2.24, 2.45) is 0 Å². The van der Waals surface area contributed by atoms with Crippen LogP contribution in [0.3, 0.4) is 0 Å². The normalized spacial score (nSPS) is 10.4. The standard InChI is InChI=1S/C14H10F2O2/c1-8-2-3-9(14(17)18)6-11(8)12-7-10(15)4-5-13(12)16/h2-7H,1H3,(H,17,18). The molecule has 1 N–H and O–H groups in total. The van der Waals surface area contributed by atoms with E-state index in [9.17, 15) is 13.6 Å². The molecule has 92 valence electrons. The number of benzene rings is 2. The van der Waals surface area contributed by atoms with Crippen molar-refractivity contribution in [2.45, 2.75) is 6.92 Å². The molecule has 2 aromatic carbocycles. The summed E-state index contributed by atoms with van der Waals surface area (Å²) in [4.78, 5) is 10.9. The van der Waals surface area contributed by atoms with Crippen LogP contribution < -0.4 is 0 Å². The highest BCUT2D eigenvalue weighted by Crippen LogP contribution is 2.27. The van der Waals surface area contributed by atoms with Gasteiger partial charge in [-0.2, -0.15) is 0 Å². The molecule has 0 aliphatic rings. The Balaban J connectivity index is 2.66. The van der Waals surface area contributed by atoms with Crippen LogP contribution >= 0.6 is 0 Å². The summed E-state index contributed by atoms with van der Waals surface area (Å²) >= 11 is 0. The van der Waals surface area contributed by atoms with Crippen molar-refractivity contribution in [3.05, 3.63) is 59.2 Å². The Morgan fingerprint density at radius 1 is 1.06 bits per heavy atom. The molecule has 0 spiro atoms. The molecule has 18 heavy (non-hydrogen) atoms. The van der Waals surface area contributed by atoms with Crippen LogP contribution in [0.1, 0.15) is 15.9 Å². The molecule has 0 aliphatic heterocycles. The fourth-order valence-corrected chi connectivity index (χ4v) is 1.75. The molecule has 4 heteroatoms. The Morgan fingerprint density at radius 3 is 2.44 bits per heavy atom. The zero-order valence-corrected chi connectivity index (χ0v) is 9.58. The lowest BCUT2D eigenvalue weighted by molar-refractivity contribution is 0.0697. The predicted octanol–water partition coefficient (Wildman–Crippen LogP) is 3.64. The van der Waals surface area contributed by atoms with Crippen LogP contribution in [-0.4, -0.2) is 11.1 Å². The Morgan fingerprint density at radius 2 is 1.78 bits per heavy atom. The van der Waals surface area contributed by atoms with Crippen molar-refractivity contribution in [1.29, 1.82) is 0 Å². The average molecular weight is 248 g/mol. The zero-order valence-electron chi connectivity index (χ0n) is 9.58. The van der Waals surface area contributed by atoms with Gasteiger partial charge in [-0.15, -0.1) is 0 Å². The van der Waals surface area contributed by atoms with Crippen LogP contribution in [0.25, 0.3) is 11.1 Å². The molecule has 0 fully saturated rings. The molecule has 2 rings (SSSR count). The van der Waals surface area contributed by atoms with E-state index in [1.165, 1.54) is 12.1 Å². The van der Waals surface area contributed by atoms with E-state index >= 15 is 0 Å². The van der Waals surface area contributed by atoms with Gasteiger partial charge in [0.1, 0.15) is 11.6 Å². The lowest BCUT2D eigenvalue weighted by Crippen LogP contribution is -1.98. The van der Waals surface area contributed by atoms with Crippen LogP contribution in [-0.2, 0) is 0 Å². The minimum Gasteiger partial charge on any atom is -0.478 e. The molecular weight excluding hydrogens is 238 g/mol. The Kier molecular flexibility index (Phi) is 3.10. The van der Waals surface area contributed by atoms with Gasteiger partial charge in [0.05, 0.1) is 5.56 Å². The summed E-state index contributed by atoms with van der Waals surface area (Å²) in [5.41, 5.74) is 1.17. The molecule has 0 bridgehead atoms. The Bertz CT molecular complexity index is 621. The summed E-state index contributed by atoms with van der Waals surface area (Å²) in [6.07, 6.45) is 0. The molecule has 0 heterocycles. The molecule has 0 saturated heterocycles. The maximum atomic E-state index is 13.7. The first-order valence-electron chi connectivity index (χ1n) is 5.28. The third-order valence-electron chi connectivity index (χ3n) is 2.70. The highest BCUT2D eigenvalue weighted by Gasteiger charge is 2.12. The highest BCUT2D eigenvalue weighted by molar-refractivity contribution is 5.90. The van der Waals surface area contributed by atoms with E-state index in [2.05, 4.69) is 0 Å². The fraction of sp³-hybridized carbons (Fsp3) is 0.0714. The second kappa shape index (κ2) is 4.56. The largest absolute Gasteiger partial charge is 0.478 e. The van der Waals surface area contributed by atoms with Crippen LogP contribution in [0.15, 0.2) is 36.4 Å². The van der Waals surface area contributed by atoms with Crippen molar-refractivity contribution in [3.63, 3.8) is 0 Å². The van der Waals surface area contributed by atoms with Crippen LogP contribution in [0, 0.1) is 18.6 Å². The molecule has 0 atom stereocenters. The van der Waals surface area contributed by atoms with Crippen molar-refractivity contribution < 1.29 is 18.7 Å². The summed E-state index contributed by atoms with van der Waals surface area (Å²) in [5, 5.41) is 8.90. The first-order valence-corrected chi connectivity index (χ1v) is 5.28. The number of carboxylic acids is 1. The molecule has 0 aliphatic carbocycles. The van der Waals surface area contributed by atoms with Gasteiger partial charge in [-0.25, -0.2) is 13.6 Å². The summed E-state index contributed by atoms with van der Waals surface area (Å²) in [7, 11) is 0. The minimum absolute atomic E-state index is 0.0410. The number of aryl methyl sites for hydroxylation is 1. The number of rotatable bonds is 2. The van der Waals surface area contributed by atoms with E-state index in [0.29, 0.717) is 11.1 Å². The zero-order chi connectivity index (χ0) is 13.3. The number of carboxylic acid groups (broad SMARTS) is 1. The quantitative estimate of drug-likeness (QED) is 0.880. The van der Waals surface area contributed by atoms with Crippen LogP contribution in [0.2, 0.25) is 0 Å². The molecule has 2 nitrogen and oxygen atoms in total. The minimum atomic E-state index is -1.10. The van der Waals surface area contributed by atoms with E-state index < -0.39 is 17.6 Å². The molecule has 0 unspecified atom stereocenters. The van der Waals surface area contributed by atoms with Gasteiger partial charge in [-0.1, -0.05) is 6.07 Å². The Hall–Kier alpha value is -2.23. The van der Waals surface area contributed by atoms with Crippen molar-refractivity contribution in [2.75, 3.05) is 0 Å². The Labute approximate surface area is 103 Å². The lowest BCUT2D eigenvalue weighted by atomic mass is 9.97. The van der Waals surface area contributed by atoms with Crippen molar-refractivity contribution >= 4 is 5.97 Å². The smallest absolute Gasteiger partial charge is 0.335 e. The number of hydrogen-bond acceptors (Lipinski definition) is 1. The van der Waals surface area contributed by atoms with Crippen molar-refractivity contribution in [1.82, 2.24) is 0 Å². The third kappa shape index (κ3) is 2.22. The van der Waals surface area contributed by atoms with Gasteiger partial charge < -0.3 is 5.11 Å². The van der Waals surface area contributed by atoms with Gasteiger partial charge in [0.15, 0.2) is 0 Å². The van der Waals surface area contributed by atoms with Gasteiger partial charge in [-0.05, 0) is 48.4 Å². The maximum Gasteiger partial charge on any atom is 0.335 e. The first-order chi connectivity index (χ1) is 8.49. The van der Waals surface area contributed by atoms with Gasteiger partial charge >= 0.3 is 5.97 Å². The number of halogens is 2. The number of carbonyl (C=O) groups is 1. The van der Waals surface area contributed by atoms with E-state index in [4.69, 9.17) is 5.11 Å². The van der Waals surface area contributed by atoms with Gasteiger partial charge in [-0.3, -0.25) is 0 Å². The second-order valence-corrected chi connectivity index (χ2v) is 3.96. The lowest BCUT2D eigenvalue weighted by Gasteiger charge is -2.08. The highest BCUT2D eigenvalue weighted by atomic mass is 19.1. The fourth-order valence-electron chi connectivity index (χ4n) is 1.75. The number of aromatic carboxylic acids is 1. The van der Waals surface area contributed by atoms with Crippen LogP contribution in [0.5, 0.6) is 0 Å². The average Bonchev–Trinajstić information content (AvgIpc) is 2.33. The first kappa shape index (κ1) is 12.2. The predicted molar refractivity (Wildman–Crippen MR) is 63.5 cm³/mol. The summed E-state index contributed by atoms with van der Waals surface area (Å²) in [6, 6.07) is 7.45. The van der Waals surface area contributed by atoms with E-state index in [0.717, 1.165) is 18.2 Å². The van der Waals surface area contributed by atoms with E-state index in [1.54, 1.807) is 13.0 Å². The summed E-state index contributed by atoms with van der Waals surface area (Å²) in [6.45, 7) is 1.71. The van der Waals surface area contributed by atoms with E-state index in [1.807, 2.05) is 0 Å². The molecule has 0 radical (unpaired) electrons. The molecule has 0 amide bonds. The van der Waals surface area contributed by atoms with E-state index in [-0.39, 0.29) is 11.1 Å². The molecule has 0 saturated carbocycles. The summed E-state index contributed by atoms with van der Waals surface area (Å²) in [5.74, 6) is -2.25. The monoisotopic (exact) mass is 248 g/mol. The molecular formula is C14H10F2O2. The SMILES string of the molecule is Cc1ccc(C(=O)O)cc1-c1cc(F)ccc1F. The molecule has 0 aromatic heterocycles. The van der Waals surface area contributed by atoms with Gasteiger partial charge in [0.2, 0.25) is 0 Å². The van der Waals surface area contributed by atoms with Crippen molar-refractivity contribution in [3.8, 4) is 11.1 Å². The summed E-state index contributed by atoms with van der Waals surface area (Å²) < 4.78 is 26.8. The number of hydrogen-bond donors (Lipinski definition) is 1. The molecule has 2 aromatic rings. The third-order valence-corrected chi connectivity index (χ3v) is 2.70. The maximum absolute atomic E-state index is 13.7. The topological polar surface area (TPSA) is 37.3 Å². The van der Waals surface area contributed by atoms with Gasteiger partial charge in [0, 0.05) is 5.56 Å². The second-order valence-electron chi connectivity index (χ2n) is 3.96. The van der Waals surface area contributed by atoms with Crippen LogP contribution in [0.4, 0.5) is 8.78 Å².